The van der Waals surface area contributed by atoms with Gasteiger partial charge < -0.3 is 15.7 Å². The van der Waals surface area contributed by atoms with Gasteiger partial charge in [0.05, 0.1) is 0 Å². The smallest absolute Gasteiger partial charge is 0.329 e. The molecule has 1 aliphatic carbocycles. The van der Waals surface area contributed by atoms with Crippen molar-refractivity contribution in [2.24, 2.45) is 11.3 Å². The molecule has 0 aromatic carbocycles. The van der Waals surface area contributed by atoms with Gasteiger partial charge in [-0.2, -0.15) is 0 Å². The predicted octanol–water partition coefficient (Wildman–Crippen LogP) is 1.69. The molecule has 0 aromatic heterocycles. The van der Waals surface area contributed by atoms with E-state index in [1.807, 2.05) is 0 Å². The van der Waals surface area contributed by atoms with Gasteiger partial charge >= 0.3 is 5.97 Å². The highest BCUT2D eigenvalue weighted by molar-refractivity contribution is 5.92. The largest absolute Gasteiger partial charge is 0.480 e. The van der Waals surface area contributed by atoms with Crippen LogP contribution in [0.2, 0.25) is 0 Å². The van der Waals surface area contributed by atoms with Crippen molar-refractivity contribution in [2.45, 2.75) is 71.9 Å². The third-order valence-electron chi connectivity index (χ3n) is 4.32. The zero-order valence-corrected chi connectivity index (χ0v) is 14.2. The summed E-state index contributed by atoms with van der Waals surface area (Å²) in [5, 5.41) is 14.8. The Balaban J connectivity index is 2.72. The second kappa shape index (κ2) is 6.67. The van der Waals surface area contributed by atoms with Crippen LogP contribution in [0.1, 0.15) is 60.3 Å². The van der Waals surface area contributed by atoms with Crippen LogP contribution in [-0.2, 0) is 14.4 Å². The van der Waals surface area contributed by atoms with E-state index in [1.54, 1.807) is 27.7 Å². The molecule has 1 aliphatic rings. The quantitative estimate of drug-likeness (QED) is 0.736. The van der Waals surface area contributed by atoms with Crippen LogP contribution >= 0.6 is 0 Å². The molecule has 1 rings (SSSR count). The normalized spacial score (nSPS) is 26.9. The van der Waals surface area contributed by atoms with Gasteiger partial charge in [0.15, 0.2) is 0 Å². The van der Waals surface area contributed by atoms with E-state index in [-0.39, 0.29) is 5.91 Å². The molecule has 126 valence electrons. The number of rotatable bonds is 4. The van der Waals surface area contributed by atoms with Crippen molar-refractivity contribution >= 4 is 17.8 Å². The Bertz CT molecular complexity index is 446. The summed E-state index contributed by atoms with van der Waals surface area (Å²) in [6.45, 7) is 8.93. The van der Waals surface area contributed by atoms with Crippen LogP contribution in [0.15, 0.2) is 0 Å². The van der Waals surface area contributed by atoms with Crippen LogP contribution in [0.25, 0.3) is 0 Å². The van der Waals surface area contributed by atoms with E-state index in [0.717, 1.165) is 12.8 Å². The van der Waals surface area contributed by atoms with Crippen molar-refractivity contribution in [1.82, 2.24) is 10.6 Å². The maximum absolute atomic E-state index is 12.3. The molecule has 0 aromatic rings. The number of carbonyl (C=O) groups is 3. The minimum atomic E-state index is -1.20. The Morgan fingerprint density at radius 2 is 1.68 bits per heavy atom. The van der Waals surface area contributed by atoms with E-state index < -0.39 is 28.9 Å². The van der Waals surface area contributed by atoms with Crippen molar-refractivity contribution in [3.8, 4) is 0 Å². The monoisotopic (exact) mass is 312 g/mol. The maximum Gasteiger partial charge on any atom is 0.329 e. The molecule has 0 aliphatic heterocycles. The Morgan fingerprint density at radius 3 is 2.09 bits per heavy atom. The molecule has 2 amide bonds. The van der Waals surface area contributed by atoms with Crippen molar-refractivity contribution in [2.75, 3.05) is 0 Å². The summed E-state index contributed by atoms with van der Waals surface area (Å²) in [6, 6.07) is -0.762. The zero-order chi connectivity index (χ0) is 17.1. The maximum atomic E-state index is 12.3. The number of carboxylic acid groups (broad SMARTS) is 1. The summed E-state index contributed by atoms with van der Waals surface area (Å²) < 4.78 is 0. The molecule has 1 saturated carbocycles. The summed E-state index contributed by atoms with van der Waals surface area (Å²) in [4.78, 5) is 35.8. The number of nitrogens with one attached hydrogen (secondary N) is 2. The summed E-state index contributed by atoms with van der Waals surface area (Å²) in [5.74, 6) is -1.21. The third kappa shape index (κ3) is 4.45. The molecular formula is C16H28N2O4. The fourth-order valence-corrected chi connectivity index (χ4v) is 2.47. The number of amides is 2. The van der Waals surface area contributed by atoms with Crippen molar-refractivity contribution in [3.63, 3.8) is 0 Å². The van der Waals surface area contributed by atoms with Gasteiger partial charge in [-0.1, -0.05) is 27.7 Å². The summed E-state index contributed by atoms with van der Waals surface area (Å²) in [7, 11) is 0. The van der Waals surface area contributed by atoms with Crippen LogP contribution in [0.5, 0.6) is 0 Å². The fourth-order valence-electron chi connectivity index (χ4n) is 2.47. The molecule has 1 unspecified atom stereocenters. The minimum absolute atomic E-state index is 0.239. The Labute approximate surface area is 132 Å². The number of hydrogen-bond acceptors (Lipinski definition) is 3. The molecule has 22 heavy (non-hydrogen) atoms. The molecule has 0 bridgehead atoms. The molecule has 1 atom stereocenters. The highest BCUT2D eigenvalue weighted by atomic mass is 16.4. The van der Waals surface area contributed by atoms with E-state index >= 15 is 0 Å². The first-order valence-electron chi connectivity index (χ1n) is 7.84. The van der Waals surface area contributed by atoms with Gasteiger partial charge in [0, 0.05) is 5.41 Å². The number of hydrogen-bond donors (Lipinski definition) is 3. The Hall–Kier alpha value is -1.59. The Morgan fingerprint density at radius 1 is 1.18 bits per heavy atom. The molecule has 0 spiro atoms. The molecule has 3 N–H and O–H groups in total. The van der Waals surface area contributed by atoms with Crippen LogP contribution < -0.4 is 10.6 Å². The van der Waals surface area contributed by atoms with Gasteiger partial charge in [-0.15, -0.1) is 0 Å². The molecule has 1 fully saturated rings. The van der Waals surface area contributed by atoms with Crippen LogP contribution in [-0.4, -0.2) is 34.5 Å². The van der Waals surface area contributed by atoms with E-state index in [4.69, 9.17) is 0 Å². The topological polar surface area (TPSA) is 95.5 Å². The van der Waals surface area contributed by atoms with Crippen molar-refractivity contribution in [3.05, 3.63) is 0 Å². The lowest BCUT2D eigenvalue weighted by Gasteiger charge is -2.37. The average molecular weight is 312 g/mol. The number of carboxylic acids is 1. The van der Waals surface area contributed by atoms with E-state index in [9.17, 15) is 19.5 Å². The molecule has 0 heterocycles. The van der Waals surface area contributed by atoms with Crippen LogP contribution in [0, 0.1) is 11.3 Å². The predicted molar refractivity (Wildman–Crippen MR) is 83.2 cm³/mol. The van der Waals surface area contributed by atoms with Gasteiger partial charge in [-0.3, -0.25) is 9.59 Å². The number of aliphatic carboxylic acids is 1. The minimum Gasteiger partial charge on any atom is -0.480 e. The molecule has 0 saturated heterocycles. The molecule has 6 heteroatoms. The molecular weight excluding hydrogens is 284 g/mol. The van der Waals surface area contributed by atoms with Gasteiger partial charge in [0.25, 0.3) is 0 Å². The van der Waals surface area contributed by atoms with E-state index in [2.05, 4.69) is 17.6 Å². The van der Waals surface area contributed by atoms with Crippen LogP contribution in [0.4, 0.5) is 0 Å². The highest BCUT2D eigenvalue weighted by Gasteiger charge is 2.43. The first kappa shape index (κ1) is 18.5. The summed E-state index contributed by atoms with van der Waals surface area (Å²) >= 11 is 0. The Kier molecular flexibility index (Phi) is 5.59. The standard InChI is InChI=1S/C16H28N2O4/c1-10-6-8-16(9-7-10,14(21)22)18-12(19)11(2)17-13(20)15(3,4)5/h10-11H,6-9H2,1-5H3,(H,17,20)(H,18,19)(H,21,22). The third-order valence-corrected chi connectivity index (χ3v) is 4.32. The van der Waals surface area contributed by atoms with Gasteiger partial charge in [-0.05, 0) is 38.5 Å². The molecule has 0 radical (unpaired) electrons. The molecule has 6 nitrogen and oxygen atoms in total. The highest BCUT2D eigenvalue weighted by Crippen LogP contribution is 2.32. The number of carbonyl (C=O) groups excluding carboxylic acids is 2. The van der Waals surface area contributed by atoms with Gasteiger partial charge in [0.2, 0.25) is 11.8 Å². The van der Waals surface area contributed by atoms with Crippen LogP contribution in [0.3, 0.4) is 0 Å². The average Bonchev–Trinajstić information content (AvgIpc) is 2.40. The fraction of sp³-hybridized carbons (Fsp3) is 0.812. The lowest BCUT2D eigenvalue weighted by molar-refractivity contribution is -0.150. The second-order valence-electron chi connectivity index (χ2n) is 7.50. The second-order valence-corrected chi connectivity index (χ2v) is 7.50. The summed E-state index contributed by atoms with van der Waals surface area (Å²) in [6.07, 6.45) is 2.40. The van der Waals surface area contributed by atoms with Crippen molar-refractivity contribution in [1.29, 1.82) is 0 Å². The van der Waals surface area contributed by atoms with E-state index in [0.29, 0.717) is 18.8 Å². The van der Waals surface area contributed by atoms with Crippen molar-refractivity contribution < 1.29 is 19.5 Å². The lowest BCUT2D eigenvalue weighted by atomic mass is 9.77. The van der Waals surface area contributed by atoms with Gasteiger partial charge in [-0.25, -0.2) is 4.79 Å². The SMILES string of the molecule is CC1CCC(NC(=O)C(C)NC(=O)C(C)(C)C)(C(=O)O)CC1. The zero-order valence-electron chi connectivity index (χ0n) is 14.2. The van der Waals surface area contributed by atoms with E-state index in [1.165, 1.54) is 0 Å². The summed E-state index contributed by atoms with van der Waals surface area (Å²) in [5.41, 5.74) is -1.80. The first-order valence-corrected chi connectivity index (χ1v) is 7.84. The first-order chi connectivity index (χ1) is 9.98. The van der Waals surface area contributed by atoms with Gasteiger partial charge in [0.1, 0.15) is 11.6 Å². The lowest BCUT2D eigenvalue weighted by Crippen LogP contribution is -2.60.